The molecule has 0 radical (unpaired) electrons. The van der Waals surface area contributed by atoms with Crippen molar-refractivity contribution in [2.75, 3.05) is 7.11 Å². The number of methoxy groups -OCH3 is 1. The molecule has 9 heteroatoms. The van der Waals surface area contributed by atoms with Crippen LogP contribution in [-0.2, 0) is 11.2 Å². The Kier molecular flexibility index (Phi) is 7.22. The van der Waals surface area contributed by atoms with Gasteiger partial charge in [0.1, 0.15) is 0 Å². The predicted octanol–water partition coefficient (Wildman–Crippen LogP) is 6.05. The zero-order chi connectivity index (χ0) is 30.6. The number of aromatic nitrogens is 1. The number of halogens is 1. The Balaban J connectivity index is 1.21. The second-order valence-electron chi connectivity index (χ2n) is 12.6. The molecule has 4 bridgehead atoms. The number of nitrogens with zero attached hydrogens (tertiary/aromatic N) is 1. The number of hydrogen-bond acceptors (Lipinski definition) is 6. The summed E-state index contributed by atoms with van der Waals surface area (Å²) in [5, 5.41) is 15.0. The first-order valence-electron chi connectivity index (χ1n) is 15.0. The van der Waals surface area contributed by atoms with Crippen molar-refractivity contribution >= 4 is 34.6 Å². The summed E-state index contributed by atoms with van der Waals surface area (Å²) in [6.45, 7) is 0. The maximum atomic E-state index is 13.9. The van der Waals surface area contributed by atoms with Crippen LogP contribution in [0.2, 0.25) is 5.02 Å². The number of para-hydroxylation sites is 1. The number of carbonyl (C=O) groups excluding carboxylic acids is 2. The van der Waals surface area contributed by atoms with Crippen LogP contribution in [0.1, 0.15) is 53.6 Å². The smallest absolute Gasteiger partial charge is 0.437 e. The molecule has 0 aliphatic heterocycles. The number of nitrogens with one attached hydrogen (secondary N) is 1. The number of pyridine rings is 1. The summed E-state index contributed by atoms with van der Waals surface area (Å²) in [4.78, 5) is 39.6. The molecule has 3 aromatic carbocycles. The van der Waals surface area contributed by atoms with E-state index in [9.17, 15) is 19.5 Å². The quantitative estimate of drug-likeness (QED) is 0.257. The maximum absolute atomic E-state index is 13.9. The van der Waals surface area contributed by atoms with Gasteiger partial charge in [-0.25, -0.2) is 4.79 Å². The fraction of sp³-hybridized carbons (Fsp3) is 0.343. The number of carbonyl (C=O) groups is 2. The zero-order valence-electron chi connectivity index (χ0n) is 24.3. The third-order valence-corrected chi connectivity index (χ3v) is 9.91. The lowest BCUT2D eigenvalue weighted by Crippen LogP contribution is -2.61. The molecule has 44 heavy (non-hydrogen) atoms. The van der Waals surface area contributed by atoms with E-state index in [0.29, 0.717) is 44.9 Å². The summed E-state index contributed by atoms with van der Waals surface area (Å²) in [6, 6.07) is 21.5. The van der Waals surface area contributed by atoms with Crippen molar-refractivity contribution in [2.24, 2.45) is 17.8 Å². The Morgan fingerprint density at radius 1 is 1.00 bits per heavy atom. The van der Waals surface area contributed by atoms with E-state index in [2.05, 4.69) is 5.32 Å². The first-order valence-corrected chi connectivity index (χ1v) is 15.4. The zero-order valence-corrected chi connectivity index (χ0v) is 25.0. The molecule has 1 aromatic heterocycles. The summed E-state index contributed by atoms with van der Waals surface area (Å²) >= 11 is 6.34. The number of ether oxygens (including phenoxy) is 2. The standard InChI is InChI=1S/C35H33ClN2O6/c1-43-34(41)44-33-28(31(39)27-12-11-25(36)16-29(27)38(33)26-5-3-2-4-6-26)15-20-7-9-22(10-8-20)32(40)37-30-23-13-21-14-24(30)19-35(42,17-21)18-23/h2-12,16,21,23-24,30,42H,13-15,17-19H2,1H3,(H,37,40)/t21-,23-,24+,30-,35+. The van der Waals surface area contributed by atoms with Crippen molar-refractivity contribution < 1.29 is 24.2 Å². The van der Waals surface area contributed by atoms with Gasteiger partial charge in [0.2, 0.25) is 5.88 Å². The van der Waals surface area contributed by atoms with Gasteiger partial charge in [0.25, 0.3) is 5.91 Å². The molecule has 4 aliphatic carbocycles. The van der Waals surface area contributed by atoms with E-state index in [1.54, 1.807) is 34.9 Å². The second-order valence-corrected chi connectivity index (χ2v) is 13.0. The van der Waals surface area contributed by atoms with Gasteiger partial charge in [-0.15, -0.1) is 0 Å². The highest BCUT2D eigenvalue weighted by atomic mass is 35.5. The normalized spacial score (nSPS) is 25.2. The van der Waals surface area contributed by atoms with Gasteiger partial charge >= 0.3 is 6.16 Å². The van der Waals surface area contributed by atoms with Gasteiger partial charge in [-0.1, -0.05) is 41.9 Å². The lowest BCUT2D eigenvalue weighted by molar-refractivity contribution is -0.136. The molecule has 5 atom stereocenters. The number of benzene rings is 3. The summed E-state index contributed by atoms with van der Waals surface area (Å²) in [6.07, 6.45) is 3.74. The molecule has 0 unspecified atom stereocenters. The molecule has 8 rings (SSSR count). The first-order chi connectivity index (χ1) is 21.2. The number of fused-ring (bicyclic) bond motifs is 1. The van der Waals surface area contributed by atoms with Crippen LogP contribution in [-0.4, -0.2) is 40.5 Å². The molecule has 4 aromatic rings. The van der Waals surface area contributed by atoms with Crippen molar-refractivity contribution in [2.45, 2.75) is 50.2 Å². The minimum atomic E-state index is -0.958. The monoisotopic (exact) mass is 612 g/mol. The minimum absolute atomic E-state index is 0.0354. The van der Waals surface area contributed by atoms with Crippen molar-refractivity contribution in [3.8, 4) is 11.6 Å². The third-order valence-electron chi connectivity index (χ3n) is 9.68. The Labute approximate surface area is 259 Å². The van der Waals surface area contributed by atoms with Crippen LogP contribution in [0.3, 0.4) is 0 Å². The molecule has 4 saturated carbocycles. The molecule has 2 N–H and O–H groups in total. The van der Waals surface area contributed by atoms with Gasteiger partial charge in [0, 0.05) is 34.1 Å². The van der Waals surface area contributed by atoms with Crippen LogP contribution < -0.4 is 15.5 Å². The highest BCUT2D eigenvalue weighted by molar-refractivity contribution is 6.31. The van der Waals surface area contributed by atoms with Gasteiger partial charge < -0.3 is 19.9 Å². The molecule has 4 fully saturated rings. The van der Waals surface area contributed by atoms with E-state index < -0.39 is 11.8 Å². The van der Waals surface area contributed by atoms with E-state index in [1.165, 1.54) is 7.11 Å². The molecule has 1 amide bonds. The van der Waals surface area contributed by atoms with Crippen LogP contribution >= 0.6 is 11.6 Å². The van der Waals surface area contributed by atoms with Crippen LogP contribution in [0, 0.1) is 17.8 Å². The van der Waals surface area contributed by atoms with E-state index >= 15 is 0 Å². The van der Waals surface area contributed by atoms with Crippen molar-refractivity contribution in [1.29, 1.82) is 0 Å². The average Bonchev–Trinajstić information content (AvgIpc) is 3.00. The van der Waals surface area contributed by atoms with Gasteiger partial charge in [0.15, 0.2) is 5.43 Å². The topological polar surface area (TPSA) is 107 Å². The highest BCUT2D eigenvalue weighted by Gasteiger charge is 2.55. The van der Waals surface area contributed by atoms with E-state index in [0.717, 1.165) is 37.7 Å². The minimum Gasteiger partial charge on any atom is -0.437 e. The Morgan fingerprint density at radius 3 is 2.36 bits per heavy atom. The molecule has 4 aliphatic rings. The van der Waals surface area contributed by atoms with Crippen LogP contribution in [0.5, 0.6) is 5.88 Å². The molecule has 1 heterocycles. The molecule has 0 spiro atoms. The molecule has 8 nitrogen and oxygen atoms in total. The van der Waals surface area contributed by atoms with Gasteiger partial charge in [0.05, 0.1) is 23.8 Å². The number of aliphatic hydroxyl groups is 1. The lowest BCUT2D eigenvalue weighted by Gasteiger charge is -2.58. The average molecular weight is 613 g/mol. The Morgan fingerprint density at radius 2 is 1.70 bits per heavy atom. The Bertz CT molecular complexity index is 1800. The summed E-state index contributed by atoms with van der Waals surface area (Å²) in [5.41, 5.74) is 1.86. The third kappa shape index (κ3) is 5.16. The maximum Gasteiger partial charge on any atom is 0.514 e. The number of hydrogen-bond donors (Lipinski definition) is 2. The molecular formula is C35H33ClN2O6. The summed E-state index contributed by atoms with van der Waals surface area (Å²) in [7, 11) is 1.21. The molecular weight excluding hydrogens is 580 g/mol. The second kappa shape index (κ2) is 11.1. The van der Waals surface area contributed by atoms with Gasteiger partial charge in [-0.05, 0) is 97.9 Å². The van der Waals surface area contributed by atoms with Crippen molar-refractivity contribution in [3.63, 3.8) is 0 Å². The first kappa shape index (κ1) is 28.6. The lowest BCUT2D eigenvalue weighted by atomic mass is 9.52. The van der Waals surface area contributed by atoms with E-state index in [1.807, 2.05) is 42.5 Å². The SMILES string of the molecule is COC(=O)Oc1c(Cc2ccc(C(=O)N[C@@H]3[C@@H]4C[C@@H]5C[C@H]3C[C@](O)(C5)C4)cc2)c(=O)c2ccc(Cl)cc2n1-c1ccccc1. The fourth-order valence-electron chi connectivity index (χ4n) is 8.03. The summed E-state index contributed by atoms with van der Waals surface area (Å²) in [5.74, 6) is 1.10. The van der Waals surface area contributed by atoms with E-state index in [-0.39, 0.29) is 35.2 Å². The van der Waals surface area contributed by atoms with Crippen LogP contribution in [0.25, 0.3) is 16.6 Å². The predicted molar refractivity (Wildman–Crippen MR) is 167 cm³/mol. The molecule has 0 saturated heterocycles. The van der Waals surface area contributed by atoms with Crippen molar-refractivity contribution in [3.05, 3.63) is 105 Å². The van der Waals surface area contributed by atoms with Crippen LogP contribution in [0.15, 0.2) is 77.6 Å². The molecule has 226 valence electrons. The van der Waals surface area contributed by atoms with Crippen LogP contribution in [0.4, 0.5) is 4.79 Å². The Hall–Kier alpha value is -4.14. The van der Waals surface area contributed by atoms with Crippen molar-refractivity contribution in [1.82, 2.24) is 9.88 Å². The van der Waals surface area contributed by atoms with Gasteiger partial charge in [-0.3, -0.25) is 14.2 Å². The summed E-state index contributed by atoms with van der Waals surface area (Å²) < 4.78 is 12.2. The largest absolute Gasteiger partial charge is 0.514 e. The van der Waals surface area contributed by atoms with E-state index in [4.69, 9.17) is 21.1 Å². The number of amides is 1. The number of rotatable bonds is 6. The van der Waals surface area contributed by atoms with Gasteiger partial charge in [-0.2, -0.15) is 0 Å². The highest BCUT2D eigenvalue weighted by Crippen LogP contribution is 2.55. The fourth-order valence-corrected chi connectivity index (χ4v) is 8.20.